The van der Waals surface area contributed by atoms with Crippen LogP contribution < -0.4 is 28.4 Å². The highest BCUT2D eigenvalue weighted by molar-refractivity contribution is 5.89. The molecule has 0 spiro atoms. The van der Waals surface area contributed by atoms with E-state index < -0.39 is 167 Å². The van der Waals surface area contributed by atoms with E-state index in [1.165, 1.54) is 91.2 Å². The van der Waals surface area contributed by atoms with Crippen LogP contribution in [0.2, 0.25) is 0 Å². The van der Waals surface area contributed by atoms with Gasteiger partial charge in [0, 0.05) is 18.2 Å². The predicted octanol–water partition coefficient (Wildman–Crippen LogP) is -3.79. The van der Waals surface area contributed by atoms with Crippen molar-refractivity contribution >= 4 is 36.1 Å². The number of aliphatic hydroxyl groups excluding tert-OH is 11. The lowest BCUT2D eigenvalue weighted by atomic mass is 9.96. The molecule has 33 heteroatoms. The molecular formula is C57H72O33. The van der Waals surface area contributed by atoms with E-state index in [1.54, 1.807) is 0 Å². The summed E-state index contributed by atoms with van der Waals surface area (Å²) in [5.41, 5.74) is 0.649. The molecule has 0 unspecified atom stereocenters. The zero-order chi connectivity index (χ0) is 65.9. The molecule has 14 N–H and O–H groups in total. The molecule has 4 saturated heterocycles. The molecule has 0 amide bonds. The third-order valence-corrected chi connectivity index (χ3v) is 14.7. The van der Waals surface area contributed by atoms with E-state index >= 15 is 0 Å². The van der Waals surface area contributed by atoms with E-state index in [2.05, 4.69) is 0 Å². The minimum Gasteiger partial charge on any atom is -0.502 e. The minimum absolute atomic E-state index is 0.0248. The lowest BCUT2D eigenvalue weighted by Gasteiger charge is -2.49. The lowest BCUT2D eigenvalue weighted by molar-refractivity contribution is -0.412. The van der Waals surface area contributed by atoms with Crippen molar-refractivity contribution in [2.24, 2.45) is 0 Å². The van der Waals surface area contributed by atoms with E-state index in [0.29, 0.717) is 0 Å². The number of esters is 3. The highest BCUT2D eigenvalue weighted by Gasteiger charge is 2.64. The molecule has 0 radical (unpaired) electrons. The van der Waals surface area contributed by atoms with E-state index in [0.717, 1.165) is 24.3 Å². The second-order valence-electron chi connectivity index (χ2n) is 20.3. The molecule has 3 aromatic rings. The normalized spacial score (nSPS) is 32.0. The summed E-state index contributed by atoms with van der Waals surface area (Å²) in [7, 11) is 7.53. The highest BCUT2D eigenvalue weighted by Crippen LogP contribution is 2.43. The van der Waals surface area contributed by atoms with Crippen molar-refractivity contribution in [3.05, 3.63) is 71.3 Å². The quantitative estimate of drug-likeness (QED) is 0.0208. The molecule has 0 aliphatic carbocycles. The van der Waals surface area contributed by atoms with Gasteiger partial charge >= 0.3 is 17.9 Å². The number of benzene rings is 3. The van der Waals surface area contributed by atoms with Crippen LogP contribution in [0.25, 0.3) is 18.2 Å². The van der Waals surface area contributed by atoms with E-state index in [-0.39, 0.29) is 68.4 Å². The van der Waals surface area contributed by atoms with Crippen LogP contribution in [0, 0.1) is 0 Å². The van der Waals surface area contributed by atoms with Gasteiger partial charge in [-0.1, -0.05) is 0 Å². The summed E-state index contributed by atoms with van der Waals surface area (Å²) in [6.07, 6.45) is -30.7. The molecule has 0 saturated carbocycles. The number of hydrogen-bond acceptors (Lipinski definition) is 33. The maximum atomic E-state index is 14.1. The molecule has 4 aliphatic heterocycles. The van der Waals surface area contributed by atoms with Crippen molar-refractivity contribution in [2.75, 3.05) is 75.7 Å². The molecule has 4 fully saturated rings. The number of carbonyl (C=O) groups is 3. The topological polar surface area (TPSA) is 482 Å². The summed E-state index contributed by atoms with van der Waals surface area (Å²) >= 11 is 0. The Morgan fingerprint density at radius 2 is 0.822 bits per heavy atom. The number of methoxy groups -OCH3 is 6. The Hall–Kier alpha value is -7.23. The molecule has 19 atom stereocenters. The first kappa shape index (κ1) is 70.2. The summed E-state index contributed by atoms with van der Waals surface area (Å²) in [4.78, 5) is 41.2. The first-order chi connectivity index (χ1) is 43.0. The number of aliphatic hydroxyl groups is 11. The monoisotopic (exact) mass is 1280 g/mol. The Morgan fingerprint density at radius 1 is 0.444 bits per heavy atom. The standard InChI is InChI=1S/C57H72O33/c1-75-27-13-24(14-28(76-2)40(27)65)7-10-37(62)81-22-36-44(69)46(71)52(88-55-49(74)47(72)50(34(20-59)83-55)87-54-48(73)45(70)43(68)33(19-58)82-54)56(84-36)90-57(23-61)53(86-39(64)12-9-26-17-31(79-5)42(67)32(18-26)80-6)51(35(21-60)89-57)85-38(63)11-8-25-15-29(77-3)41(66)30(16-25)78-4/h7-18,33-36,43-56,58-61,65-74H,19-23H2,1-6H3/b10-7+,11-8+,12-9+/t33-,34-,35-,36-,43-,44-,45+,46+,47-,48-,49-,50-,51-,52-,53+,54+,55+,56-,57+/m1/s1. The summed E-state index contributed by atoms with van der Waals surface area (Å²) in [6.45, 7) is -5.48. The summed E-state index contributed by atoms with van der Waals surface area (Å²) in [6, 6.07) is 7.94. The van der Waals surface area contributed by atoms with Crippen molar-refractivity contribution in [1.29, 1.82) is 0 Å². The number of phenolic OH excluding ortho intramolecular Hbond substituents is 3. The molecule has 4 aliphatic rings. The Bertz CT molecular complexity index is 2930. The number of hydrogen-bond donors (Lipinski definition) is 14. The zero-order valence-electron chi connectivity index (χ0n) is 48.9. The van der Waals surface area contributed by atoms with E-state index in [1.807, 2.05) is 0 Å². The molecule has 90 heavy (non-hydrogen) atoms. The van der Waals surface area contributed by atoms with Crippen LogP contribution in [-0.2, 0) is 61.8 Å². The van der Waals surface area contributed by atoms with Crippen molar-refractivity contribution < 1.29 is 162 Å². The third kappa shape index (κ3) is 15.6. The molecule has 3 aromatic carbocycles. The summed E-state index contributed by atoms with van der Waals surface area (Å²) in [5.74, 6) is -8.04. The summed E-state index contributed by atoms with van der Waals surface area (Å²) in [5, 5.41) is 152. The van der Waals surface area contributed by atoms with Gasteiger partial charge in [0.2, 0.25) is 23.0 Å². The van der Waals surface area contributed by atoms with Crippen molar-refractivity contribution in [1.82, 2.24) is 0 Å². The predicted molar refractivity (Wildman–Crippen MR) is 296 cm³/mol. The Morgan fingerprint density at radius 3 is 1.26 bits per heavy atom. The van der Waals surface area contributed by atoms with Crippen LogP contribution in [0.3, 0.4) is 0 Å². The second-order valence-corrected chi connectivity index (χ2v) is 20.3. The first-order valence-corrected chi connectivity index (χ1v) is 27.3. The van der Waals surface area contributed by atoms with E-state index in [9.17, 15) is 85.9 Å². The smallest absolute Gasteiger partial charge is 0.331 e. The average Bonchev–Trinajstić information content (AvgIpc) is 1.52. The molecule has 7 rings (SSSR count). The number of ether oxygens (including phenoxy) is 16. The largest absolute Gasteiger partial charge is 0.502 e. The molecule has 498 valence electrons. The summed E-state index contributed by atoms with van der Waals surface area (Å²) < 4.78 is 89.5. The van der Waals surface area contributed by atoms with Gasteiger partial charge in [0.05, 0.1) is 62.5 Å². The maximum absolute atomic E-state index is 14.1. The zero-order valence-corrected chi connectivity index (χ0v) is 48.9. The second kappa shape index (κ2) is 31.2. The minimum atomic E-state index is -2.96. The molecular weight excluding hydrogens is 1210 g/mol. The van der Waals surface area contributed by atoms with Crippen LogP contribution in [0.4, 0.5) is 0 Å². The SMILES string of the molecule is COc1cc(/C=C/C(=O)OC[C@H]2O[C@H](O[C@]3(CO)O[C@H](CO)[C@@H](OC(=O)/C=C/c4cc(OC)c(O)c(OC)c4)[C@@H]3OC(=O)/C=C/c3cc(OC)c(O)c(OC)c3)[C@H](O[C@@H]3O[C@H](CO)[C@@H](O[C@@H]4O[C@H](CO)[C@@H](O)[C@H](O)[C@H]4O)[C@H](O)[C@H]3O)[C@@H](O)[C@@H]2O)cc(OC)c1O. The number of aromatic hydroxyl groups is 3. The van der Waals surface area contributed by atoms with Crippen LogP contribution in [-0.4, -0.2) is 281 Å². The van der Waals surface area contributed by atoms with Gasteiger partial charge in [-0.2, -0.15) is 0 Å². The van der Waals surface area contributed by atoms with Gasteiger partial charge in [0.25, 0.3) is 0 Å². The van der Waals surface area contributed by atoms with Crippen LogP contribution in [0.5, 0.6) is 51.7 Å². The van der Waals surface area contributed by atoms with E-state index in [4.69, 9.17) is 75.8 Å². The van der Waals surface area contributed by atoms with Gasteiger partial charge in [0.15, 0.2) is 65.6 Å². The molecule has 33 nitrogen and oxygen atoms in total. The fourth-order valence-corrected chi connectivity index (χ4v) is 9.91. The van der Waals surface area contributed by atoms with Gasteiger partial charge < -0.3 is 147 Å². The Balaban J connectivity index is 1.25. The van der Waals surface area contributed by atoms with Crippen LogP contribution in [0.15, 0.2) is 54.6 Å². The Kier molecular flexibility index (Phi) is 24.3. The van der Waals surface area contributed by atoms with Gasteiger partial charge in [-0.25, -0.2) is 14.4 Å². The average molecular weight is 1290 g/mol. The number of carbonyl (C=O) groups excluding carboxylic acids is 3. The molecule has 0 aromatic heterocycles. The van der Waals surface area contributed by atoms with Gasteiger partial charge in [0.1, 0.15) is 92.6 Å². The third-order valence-electron chi connectivity index (χ3n) is 14.7. The maximum Gasteiger partial charge on any atom is 0.331 e. The van der Waals surface area contributed by atoms with Gasteiger partial charge in [-0.15, -0.1) is 0 Å². The first-order valence-electron chi connectivity index (χ1n) is 27.3. The van der Waals surface area contributed by atoms with Crippen molar-refractivity contribution in [3.63, 3.8) is 0 Å². The lowest BCUT2D eigenvalue weighted by Crippen LogP contribution is -2.67. The van der Waals surface area contributed by atoms with Crippen LogP contribution >= 0.6 is 0 Å². The van der Waals surface area contributed by atoms with Gasteiger partial charge in [-0.3, -0.25) is 0 Å². The fourth-order valence-electron chi connectivity index (χ4n) is 9.91. The van der Waals surface area contributed by atoms with Gasteiger partial charge in [-0.05, 0) is 71.3 Å². The molecule has 0 bridgehead atoms. The Labute approximate surface area is 511 Å². The number of rotatable bonds is 26. The fraction of sp³-hybridized carbons (Fsp3) is 0.526. The van der Waals surface area contributed by atoms with Crippen LogP contribution in [0.1, 0.15) is 16.7 Å². The molecule has 4 heterocycles. The van der Waals surface area contributed by atoms with Crippen molar-refractivity contribution in [3.8, 4) is 51.7 Å². The highest BCUT2D eigenvalue weighted by atomic mass is 16.8. The number of phenols is 3. The van der Waals surface area contributed by atoms with Crippen molar-refractivity contribution in [2.45, 2.75) is 116 Å².